The smallest absolute Gasteiger partial charge is 0.282 e. The summed E-state index contributed by atoms with van der Waals surface area (Å²) in [6, 6.07) is 17.5. The number of nitrogens with one attached hydrogen (secondary N) is 1. The van der Waals surface area contributed by atoms with Crippen molar-refractivity contribution in [2.75, 3.05) is 12.4 Å². The number of non-ortho nitro benzene ring substituents is 1. The van der Waals surface area contributed by atoms with Crippen molar-refractivity contribution in [1.82, 2.24) is 0 Å². The molecule has 1 aliphatic heterocycles. The first kappa shape index (κ1) is 24.9. The van der Waals surface area contributed by atoms with Crippen LogP contribution in [0.25, 0.3) is 0 Å². The summed E-state index contributed by atoms with van der Waals surface area (Å²) in [6.45, 7) is 0. The van der Waals surface area contributed by atoms with Crippen LogP contribution in [0.4, 0.5) is 17.1 Å². The number of halogens is 2. The zero-order valence-electron chi connectivity index (χ0n) is 19.0. The first-order chi connectivity index (χ1) is 17.3. The Bertz CT molecular complexity index is 1340. The van der Waals surface area contributed by atoms with E-state index in [-0.39, 0.29) is 39.4 Å². The zero-order chi connectivity index (χ0) is 25.6. The second kappa shape index (κ2) is 9.91. The van der Waals surface area contributed by atoms with Crippen molar-refractivity contribution in [3.8, 4) is 5.75 Å². The van der Waals surface area contributed by atoms with E-state index in [4.69, 9.17) is 16.3 Å². The van der Waals surface area contributed by atoms with Gasteiger partial charge in [-0.05, 0) is 41.7 Å². The third-order valence-electron chi connectivity index (χ3n) is 6.87. The fourth-order valence-corrected chi connectivity index (χ4v) is 7.52. The average molecular weight is 591 g/mol. The maximum absolute atomic E-state index is 11.7. The molecule has 2 aliphatic rings. The van der Waals surface area contributed by atoms with Gasteiger partial charge in [-0.2, -0.15) is 0 Å². The number of para-hydroxylation sites is 1. The third kappa shape index (κ3) is 4.42. The van der Waals surface area contributed by atoms with Crippen molar-refractivity contribution < 1.29 is 14.6 Å². The highest BCUT2D eigenvalue weighted by atomic mass is 79.9. The number of nitro benzene ring substituents is 2. The molecular weight excluding hydrogens is 570 g/mol. The molecule has 3 aromatic carbocycles. The van der Waals surface area contributed by atoms with Gasteiger partial charge in [0.2, 0.25) is 0 Å². The van der Waals surface area contributed by atoms with Crippen LogP contribution in [0.5, 0.6) is 5.75 Å². The molecule has 3 aromatic rings. The summed E-state index contributed by atoms with van der Waals surface area (Å²) < 4.78 is 6.51. The van der Waals surface area contributed by atoms with E-state index in [9.17, 15) is 20.2 Å². The van der Waals surface area contributed by atoms with Crippen LogP contribution in [0.2, 0.25) is 0 Å². The van der Waals surface area contributed by atoms with Gasteiger partial charge in [0.25, 0.3) is 11.4 Å². The van der Waals surface area contributed by atoms with E-state index in [0.29, 0.717) is 22.8 Å². The van der Waals surface area contributed by atoms with Crippen LogP contribution in [-0.2, 0) is 0 Å². The molecule has 0 unspecified atom stereocenters. The number of hydrogen-bond acceptors (Lipinski definition) is 7. The average Bonchev–Trinajstić information content (AvgIpc) is 3.19. The Morgan fingerprint density at radius 1 is 1.08 bits per heavy atom. The largest absolute Gasteiger partial charge is 0.494 e. The number of alkyl halides is 1. The van der Waals surface area contributed by atoms with Gasteiger partial charge in [0.05, 0.1) is 45.0 Å². The fraction of sp³-hybridized carbons (Fsp3) is 0.280. The van der Waals surface area contributed by atoms with Gasteiger partial charge >= 0.3 is 0 Å². The molecule has 36 heavy (non-hydrogen) atoms. The summed E-state index contributed by atoms with van der Waals surface area (Å²) in [4.78, 5) is 23.0. The predicted molar refractivity (Wildman–Crippen MR) is 143 cm³/mol. The number of hydrogen-bond donors (Lipinski definition) is 1. The van der Waals surface area contributed by atoms with Crippen LogP contribution in [0, 0.1) is 26.1 Å². The molecule has 8 nitrogen and oxygen atoms in total. The Hall–Kier alpha value is -2.82. The summed E-state index contributed by atoms with van der Waals surface area (Å²) in [7, 11) is 1.49. The molecule has 5 atom stereocenters. The summed E-state index contributed by atoms with van der Waals surface area (Å²) in [6.07, 6.45) is 0.674. The molecule has 0 saturated heterocycles. The van der Waals surface area contributed by atoms with Crippen molar-refractivity contribution in [2.45, 2.75) is 33.9 Å². The summed E-state index contributed by atoms with van der Waals surface area (Å²) in [5.74, 6) is 0.178. The highest BCUT2D eigenvalue weighted by Gasteiger charge is 2.51. The SMILES string of the molecule is COc1cc([N+](=O)[O-])cc2c1N[C@@H](c1ccc(Br)cc1)[C@@H]1C[C@@H](Sc3ccccc3[N+](=O)[O-])[C@@H](Cl)[C@H]21. The highest BCUT2D eigenvalue weighted by Crippen LogP contribution is 2.60. The van der Waals surface area contributed by atoms with Crippen LogP contribution in [0.3, 0.4) is 0 Å². The van der Waals surface area contributed by atoms with E-state index in [2.05, 4.69) is 21.2 Å². The first-order valence-corrected chi connectivity index (χ1v) is 13.3. The second-order valence-corrected chi connectivity index (χ2v) is 11.5. The third-order valence-corrected chi connectivity index (χ3v) is 9.51. The van der Waals surface area contributed by atoms with Crippen molar-refractivity contribution in [3.63, 3.8) is 0 Å². The maximum Gasteiger partial charge on any atom is 0.282 e. The van der Waals surface area contributed by atoms with Gasteiger partial charge < -0.3 is 10.1 Å². The van der Waals surface area contributed by atoms with Crippen molar-refractivity contribution in [2.24, 2.45) is 5.92 Å². The van der Waals surface area contributed by atoms with Crippen molar-refractivity contribution >= 4 is 56.4 Å². The van der Waals surface area contributed by atoms with Crippen LogP contribution in [-0.4, -0.2) is 27.6 Å². The standard InChI is InChI=1S/C25H21BrClN3O5S/c1-35-19-11-15(29(31)32)10-16-22-17(24(28-25(16)19)13-6-8-14(26)9-7-13)12-21(23(22)27)36-20-5-3-2-4-18(20)30(33)34/h2-11,17,21-24,28H,12H2,1H3/t17-,21-,22-,23-,24+/m1/s1. The molecule has 1 saturated carbocycles. The molecule has 5 rings (SSSR count). The lowest BCUT2D eigenvalue weighted by molar-refractivity contribution is -0.387. The van der Waals surface area contributed by atoms with Crippen LogP contribution in [0.15, 0.2) is 70.0 Å². The van der Waals surface area contributed by atoms with E-state index in [0.717, 1.165) is 15.6 Å². The number of benzene rings is 3. The topological polar surface area (TPSA) is 108 Å². The fourth-order valence-electron chi connectivity index (χ4n) is 5.31. The van der Waals surface area contributed by atoms with Crippen LogP contribution < -0.4 is 10.1 Å². The van der Waals surface area contributed by atoms with Gasteiger partial charge in [-0.25, -0.2) is 0 Å². The quantitative estimate of drug-likeness (QED) is 0.182. The summed E-state index contributed by atoms with van der Waals surface area (Å²) in [5.41, 5.74) is 2.47. The monoisotopic (exact) mass is 589 g/mol. The number of methoxy groups -OCH3 is 1. The molecule has 0 spiro atoms. The lowest BCUT2D eigenvalue weighted by atomic mass is 9.77. The Morgan fingerprint density at radius 3 is 2.47 bits per heavy atom. The van der Waals surface area contributed by atoms with Gasteiger partial charge in [-0.1, -0.05) is 40.2 Å². The number of nitro groups is 2. The van der Waals surface area contributed by atoms with Gasteiger partial charge in [0, 0.05) is 27.8 Å². The first-order valence-electron chi connectivity index (χ1n) is 11.2. The van der Waals surface area contributed by atoms with E-state index in [1.54, 1.807) is 24.3 Å². The normalized spacial score (nSPS) is 24.4. The van der Waals surface area contributed by atoms with Gasteiger partial charge in [-0.15, -0.1) is 23.4 Å². The molecule has 1 heterocycles. The Labute approximate surface area is 224 Å². The number of thioether (sulfide) groups is 1. The molecular formula is C25H21BrClN3O5S. The highest BCUT2D eigenvalue weighted by molar-refractivity contribution is 9.10. The number of anilines is 1. The van der Waals surface area contributed by atoms with Gasteiger partial charge in [-0.3, -0.25) is 20.2 Å². The minimum absolute atomic E-state index is 0.00755. The molecule has 0 bridgehead atoms. The lowest BCUT2D eigenvalue weighted by Gasteiger charge is -2.38. The molecule has 0 radical (unpaired) electrons. The Kier molecular flexibility index (Phi) is 6.84. The van der Waals surface area contributed by atoms with E-state index in [1.807, 2.05) is 24.3 Å². The van der Waals surface area contributed by atoms with E-state index >= 15 is 0 Å². The van der Waals surface area contributed by atoms with E-state index in [1.165, 1.54) is 31.0 Å². The molecule has 1 fully saturated rings. The predicted octanol–water partition coefficient (Wildman–Crippen LogP) is 7.31. The lowest BCUT2D eigenvalue weighted by Crippen LogP contribution is -2.31. The zero-order valence-corrected chi connectivity index (χ0v) is 22.1. The van der Waals surface area contributed by atoms with Gasteiger partial charge in [0.15, 0.2) is 0 Å². The molecule has 1 aliphatic carbocycles. The minimum atomic E-state index is -0.434. The summed E-state index contributed by atoms with van der Waals surface area (Å²) in [5, 5.41) is 26.3. The van der Waals surface area contributed by atoms with Crippen molar-refractivity contribution in [3.05, 3.63) is 96.5 Å². The molecule has 0 aromatic heterocycles. The minimum Gasteiger partial charge on any atom is -0.494 e. The number of nitrogens with zero attached hydrogens (tertiary/aromatic N) is 2. The second-order valence-electron chi connectivity index (χ2n) is 8.79. The molecule has 186 valence electrons. The van der Waals surface area contributed by atoms with Crippen LogP contribution in [0.1, 0.15) is 29.5 Å². The molecule has 0 amide bonds. The number of rotatable bonds is 6. The Balaban J connectivity index is 1.60. The van der Waals surface area contributed by atoms with E-state index < -0.39 is 10.3 Å². The molecule has 1 N–H and O–H groups in total. The maximum atomic E-state index is 11.7. The van der Waals surface area contributed by atoms with Crippen molar-refractivity contribution in [1.29, 1.82) is 0 Å². The van der Waals surface area contributed by atoms with Gasteiger partial charge in [0.1, 0.15) is 5.75 Å². The Morgan fingerprint density at radius 2 is 1.81 bits per heavy atom. The summed E-state index contributed by atoms with van der Waals surface area (Å²) >= 11 is 12.0. The molecule has 11 heteroatoms. The van der Waals surface area contributed by atoms with Crippen LogP contribution >= 0.6 is 39.3 Å². The number of fused-ring (bicyclic) bond motifs is 3. The number of ether oxygens (including phenoxy) is 1.